The molecule has 0 fully saturated rings. The highest BCUT2D eigenvalue weighted by molar-refractivity contribution is 7.08. The summed E-state index contributed by atoms with van der Waals surface area (Å²) in [5, 5.41) is 7.05. The van der Waals surface area contributed by atoms with Crippen LogP contribution >= 0.6 is 22.7 Å². The SMILES string of the molecule is O=C(ONc1ccsc1)C(=O)ONc1ccsc1. The molecular formula is C10H8N2O4S2. The van der Waals surface area contributed by atoms with Gasteiger partial charge < -0.3 is 9.68 Å². The van der Waals surface area contributed by atoms with Gasteiger partial charge in [0.15, 0.2) is 0 Å². The average Bonchev–Trinajstić information content (AvgIpc) is 3.05. The zero-order valence-electron chi connectivity index (χ0n) is 8.91. The summed E-state index contributed by atoms with van der Waals surface area (Å²) in [4.78, 5) is 31.5. The van der Waals surface area contributed by atoms with Crippen LogP contribution < -0.4 is 11.0 Å². The molecular weight excluding hydrogens is 276 g/mol. The maximum atomic E-state index is 11.2. The van der Waals surface area contributed by atoms with Crippen molar-refractivity contribution in [3.8, 4) is 0 Å². The Balaban J connectivity index is 1.73. The van der Waals surface area contributed by atoms with Gasteiger partial charge in [0.25, 0.3) is 0 Å². The molecule has 0 aliphatic rings. The van der Waals surface area contributed by atoms with Crippen LogP contribution in [0.4, 0.5) is 11.4 Å². The second-order valence-corrected chi connectivity index (χ2v) is 4.57. The first-order chi connectivity index (χ1) is 8.75. The minimum atomic E-state index is -1.14. The van der Waals surface area contributed by atoms with E-state index < -0.39 is 11.9 Å². The Bertz CT molecular complexity index is 462. The number of hydrogen-bond donors (Lipinski definition) is 2. The van der Waals surface area contributed by atoms with E-state index in [0.717, 1.165) is 0 Å². The summed E-state index contributed by atoms with van der Waals surface area (Å²) in [6.07, 6.45) is 0. The van der Waals surface area contributed by atoms with Crippen molar-refractivity contribution in [2.45, 2.75) is 0 Å². The Hall–Kier alpha value is -2.06. The van der Waals surface area contributed by atoms with E-state index in [4.69, 9.17) is 0 Å². The van der Waals surface area contributed by atoms with Crippen molar-refractivity contribution < 1.29 is 19.3 Å². The Morgan fingerprint density at radius 2 is 1.33 bits per heavy atom. The monoisotopic (exact) mass is 284 g/mol. The van der Waals surface area contributed by atoms with Crippen LogP contribution in [0.1, 0.15) is 0 Å². The molecule has 2 heterocycles. The Kier molecular flexibility index (Phi) is 4.15. The highest BCUT2D eigenvalue weighted by Crippen LogP contribution is 2.12. The summed E-state index contributed by atoms with van der Waals surface area (Å²) in [5.41, 5.74) is 5.85. The summed E-state index contributed by atoms with van der Waals surface area (Å²) >= 11 is 2.85. The molecule has 0 spiro atoms. The third-order valence-electron chi connectivity index (χ3n) is 1.73. The van der Waals surface area contributed by atoms with E-state index >= 15 is 0 Å². The van der Waals surface area contributed by atoms with Crippen LogP contribution in [0.25, 0.3) is 0 Å². The first-order valence-corrected chi connectivity index (χ1v) is 6.62. The second-order valence-electron chi connectivity index (χ2n) is 3.01. The van der Waals surface area contributed by atoms with Crippen molar-refractivity contribution in [3.05, 3.63) is 33.7 Å². The fourth-order valence-corrected chi connectivity index (χ4v) is 2.09. The molecule has 18 heavy (non-hydrogen) atoms. The van der Waals surface area contributed by atoms with E-state index in [2.05, 4.69) is 20.6 Å². The van der Waals surface area contributed by atoms with Gasteiger partial charge in [-0.2, -0.15) is 22.7 Å². The van der Waals surface area contributed by atoms with Crippen LogP contribution in [-0.4, -0.2) is 11.9 Å². The molecule has 6 nitrogen and oxygen atoms in total. The van der Waals surface area contributed by atoms with Crippen LogP contribution in [0.15, 0.2) is 33.7 Å². The van der Waals surface area contributed by atoms with Crippen molar-refractivity contribution in [3.63, 3.8) is 0 Å². The molecule has 0 unspecified atom stereocenters. The molecule has 2 rings (SSSR count). The van der Waals surface area contributed by atoms with Gasteiger partial charge in [0, 0.05) is 10.8 Å². The van der Waals surface area contributed by atoms with Gasteiger partial charge in [-0.3, -0.25) is 0 Å². The zero-order valence-corrected chi connectivity index (χ0v) is 10.5. The van der Waals surface area contributed by atoms with Crippen molar-refractivity contribution in [1.29, 1.82) is 0 Å². The topological polar surface area (TPSA) is 76.7 Å². The second kappa shape index (κ2) is 6.03. The van der Waals surface area contributed by atoms with Crippen LogP contribution in [0, 0.1) is 0 Å². The molecule has 0 radical (unpaired) electrons. The van der Waals surface area contributed by atoms with Crippen LogP contribution in [-0.2, 0) is 19.3 Å². The van der Waals surface area contributed by atoms with Gasteiger partial charge in [0.05, 0.1) is 11.4 Å². The zero-order chi connectivity index (χ0) is 12.8. The lowest BCUT2D eigenvalue weighted by atomic mass is 10.6. The number of nitrogens with one attached hydrogen (secondary N) is 2. The lowest BCUT2D eigenvalue weighted by Crippen LogP contribution is -2.24. The third kappa shape index (κ3) is 3.47. The number of carbonyl (C=O) groups is 2. The van der Waals surface area contributed by atoms with Gasteiger partial charge >= 0.3 is 11.9 Å². The maximum Gasteiger partial charge on any atom is 0.443 e. The molecule has 8 heteroatoms. The molecule has 94 valence electrons. The van der Waals surface area contributed by atoms with Gasteiger partial charge in [-0.1, -0.05) is 0 Å². The predicted molar refractivity (Wildman–Crippen MR) is 68.1 cm³/mol. The maximum absolute atomic E-state index is 11.2. The van der Waals surface area contributed by atoms with Gasteiger partial charge in [-0.15, -0.1) is 0 Å². The lowest BCUT2D eigenvalue weighted by molar-refractivity contribution is -0.164. The first kappa shape index (κ1) is 12.4. The highest BCUT2D eigenvalue weighted by Gasteiger charge is 2.18. The van der Waals surface area contributed by atoms with E-state index in [-0.39, 0.29) is 0 Å². The summed E-state index contributed by atoms with van der Waals surface area (Å²) in [6.45, 7) is 0. The smallest absolute Gasteiger partial charge is 0.332 e. The Morgan fingerprint density at radius 1 is 0.889 bits per heavy atom. The summed E-state index contributed by atoms with van der Waals surface area (Å²) in [7, 11) is 0. The molecule has 0 bridgehead atoms. The Morgan fingerprint density at radius 3 is 1.67 bits per heavy atom. The molecule has 0 amide bonds. The van der Waals surface area contributed by atoms with E-state index in [1.807, 2.05) is 0 Å². The van der Waals surface area contributed by atoms with Crippen molar-refractivity contribution >= 4 is 46.0 Å². The van der Waals surface area contributed by atoms with Crippen LogP contribution in [0.5, 0.6) is 0 Å². The van der Waals surface area contributed by atoms with Crippen molar-refractivity contribution in [1.82, 2.24) is 0 Å². The number of thiophene rings is 2. The molecule has 2 aromatic heterocycles. The standard InChI is InChI=1S/C10H8N2O4S2/c13-9(15-11-7-1-3-17-5-7)10(14)16-12-8-2-4-18-6-8/h1-6,11-12H. The fraction of sp³-hybridized carbons (Fsp3) is 0. The van der Waals surface area contributed by atoms with E-state index in [1.165, 1.54) is 22.7 Å². The average molecular weight is 284 g/mol. The van der Waals surface area contributed by atoms with Crippen LogP contribution in [0.2, 0.25) is 0 Å². The van der Waals surface area contributed by atoms with E-state index in [9.17, 15) is 9.59 Å². The minimum Gasteiger partial charge on any atom is -0.332 e. The molecule has 2 N–H and O–H groups in total. The molecule has 0 aromatic carbocycles. The van der Waals surface area contributed by atoms with Crippen LogP contribution in [0.3, 0.4) is 0 Å². The molecule has 0 saturated heterocycles. The Labute approximate surface area is 110 Å². The van der Waals surface area contributed by atoms with Gasteiger partial charge in [0.2, 0.25) is 0 Å². The van der Waals surface area contributed by atoms with E-state index in [0.29, 0.717) is 11.4 Å². The first-order valence-electron chi connectivity index (χ1n) is 4.74. The number of hydrogen-bond acceptors (Lipinski definition) is 8. The van der Waals surface area contributed by atoms with E-state index in [1.54, 1.807) is 33.7 Å². The number of anilines is 2. The highest BCUT2D eigenvalue weighted by atomic mass is 32.1. The number of rotatable bonds is 4. The largest absolute Gasteiger partial charge is 0.443 e. The molecule has 2 aromatic rings. The van der Waals surface area contributed by atoms with Crippen molar-refractivity contribution in [2.24, 2.45) is 0 Å². The fourth-order valence-electron chi connectivity index (χ4n) is 0.939. The predicted octanol–water partition coefficient (Wildman–Crippen LogP) is 2.25. The normalized spacial score (nSPS) is 9.56. The summed E-state index contributed by atoms with van der Waals surface area (Å²) in [6, 6.07) is 3.40. The molecule has 0 aliphatic heterocycles. The summed E-state index contributed by atoms with van der Waals surface area (Å²) < 4.78 is 0. The lowest BCUT2D eigenvalue weighted by Gasteiger charge is -2.05. The van der Waals surface area contributed by atoms with Gasteiger partial charge in [-0.05, 0) is 22.9 Å². The van der Waals surface area contributed by atoms with Gasteiger partial charge in [-0.25, -0.2) is 20.5 Å². The number of carbonyl (C=O) groups excluding carboxylic acids is 2. The minimum absolute atomic E-state index is 0.590. The quantitative estimate of drug-likeness (QED) is 0.662. The summed E-state index contributed by atoms with van der Waals surface area (Å²) in [5.74, 6) is -2.27. The third-order valence-corrected chi connectivity index (χ3v) is 3.10. The van der Waals surface area contributed by atoms with Crippen molar-refractivity contribution in [2.75, 3.05) is 11.0 Å². The molecule has 0 aliphatic carbocycles. The molecule has 0 saturated carbocycles. The van der Waals surface area contributed by atoms with Gasteiger partial charge in [0.1, 0.15) is 0 Å². The molecule has 0 atom stereocenters.